The molecule has 0 radical (unpaired) electrons. The summed E-state index contributed by atoms with van der Waals surface area (Å²) in [5, 5.41) is 5.57. The number of amides is 2. The lowest BCUT2D eigenvalue weighted by atomic mass is 10.1. The minimum absolute atomic E-state index is 0.0344. The third-order valence-corrected chi connectivity index (χ3v) is 6.34. The van der Waals surface area contributed by atoms with Crippen LogP contribution in [0.2, 0.25) is 0 Å². The Hall–Kier alpha value is -2.67. The third-order valence-electron chi connectivity index (χ3n) is 4.57. The zero-order chi connectivity index (χ0) is 19.3. The van der Waals surface area contributed by atoms with E-state index in [-0.39, 0.29) is 23.3 Å². The normalized spacial score (nSPS) is 18.0. The second kappa shape index (κ2) is 8.35. The van der Waals surface area contributed by atoms with Crippen molar-refractivity contribution >= 4 is 27.3 Å². The predicted molar refractivity (Wildman–Crippen MR) is 104 cm³/mol. The van der Waals surface area contributed by atoms with Crippen LogP contribution in [0.1, 0.15) is 22.3 Å². The first-order valence-corrected chi connectivity index (χ1v) is 10.7. The Kier molecular flexibility index (Phi) is 5.91. The molecule has 2 N–H and O–H groups in total. The fraction of sp³-hybridized carbons (Fsp3) is 0.300. The molecule has 1 saturated heterocycles. The fourth-order valence-corrected chi connectivity index (χ4v) is 4.83. The van der Waals surface area contributed by atoms with Gasteiger partial charge in [-0.3, -0.25) is 9.59 Å². The van der Waals surface area contributed by atoms with E-state index in [0.717, 1.165) is 5.56 Å². The number of nitrogens with one attached hydrogen (secondary N) is 2. The maximum atomic E-state index is 12.5. The zero-order valence-corrected chi connectivity index (χ0v) is 15.7. The molecule has 0 aromatic heterocycles. The Labute approximate surface area is 158 Å². The fourth-order valence-electron chi connectivity index (χ4n) is 3.09. The van der Waals surface area contributed by atoms with Crippen molar-refractivity contribution in [2.45, 2.75) is 12.8 Å². The summed E-state index contributed by atoms with van der Waals surface area (Å²) in [5.41, 5.74) is 1.88. The number of rotatable bonds is 6. The van der Waals surface area contributed by atoms with E-state index in [1.165, 1.54) is 0 Å². The van der Waals surface area contributed by atoms with Crippen molar-refractivity contribution < 1.29 is 18.0 Å². The van der Waals surface area contributed by atoms with Crippen LogP contribution in [-0.2, 0) is 21.1 Å². The van der Waals surface area contributed by atoms with Crippen LogP contribution in [0, 0.1) is 5.92 Å². The van der Waals surface area contributed by atoms with E-state index < -0.39 is 15.8 Å². The van der Waals surface area contributed by atoms with Gasteiger partial charge in [0.1, 0.15) is 0 Å². The highest BCUT2D eigenvalue weighted by atomic mass is 32.2. The Balaban J connectivity index is 1.61. The van der Waals surface area contributed by atoms with Gasteiger partial charge in [-0.2, -0.15) is 0 Å². The summed E-state index contributed by atoms with van der Waals surface area (Å²) in [7, 11) is -3.14. The van der Waals surface area contributed by atoms with Gasteiger partial charge in [0.25, 0.3) is 5.91 Å². The van der Waals surface area contributed by atoms with Gasteiger partial charge in [-0.25, -0.2) is 8.42 Å². The van der Waals surface area contributed by atoms with Crippen LogP contribution in [0.5, 0.6) is 0 Å². The minimum atomic E-state index is -3.14. The molecule has 0 bridgehead atoms. The number of hydrogen-bond acceptors (Lipinski definition) is 4. The van der Waals surface area contributed by atoms with Crippen molar-refractivity contribution in [1.82, 2.24) is 5.32 Å². The van der Waals surface area contributed by atoms with Gasteiger partial charge in [-0.15, -0.1) is 0 Å². The van der Waals surface area contributed by atoms with Gasteiger partial charge in [0.15, 0.2) is 9.84 Å². The summed E-state index contributed by atoms with van der Waals surface area (Å²) in [6, 6.07) is 16.6. The quantitative estimate of drug-likeness (QED) is 0.795. The first kappa shape index (κ1) is 19.1. The largest absolute Gasteiger partial charge is 0.352 e. The van der Waals surface area contributed by atoms with E-state index in [2.05, 4.69) is 10.6 Å². The van der Waals surface area contributed by atoms with Gasteiger partial charge < -0.3 is 10.6 Å². The molecule has 2 aromatic rings. The molecule has 2 amide bonds. The van der Waals surface area contributed by atoms with E-state index in [1.54, 1.807) is 24.3 Å². The maximum Gasteiger partial charge on any atom is 0.253 e. The average Bonchev–Trinajstić information content (AvgIpc) is 3.03. The van der Waals surface area contributed by atoms with Gasteiger partial charge in [-0.1, -0.05) is 42.5 Å². The van der Waals surface area contributed by atoms with Crippen molar-refractivity contribution in [1.29, 1.82) is 0 Å². The summed E-state index contributed by atoms with van der Waals surface area (Å²) >= 11 is 0. The SMILES string of the molecule is O=C(NCCc1ccccc1)c1ccccc1NC(=O)[C@H]1CCS(=O)(=O)C1. The van der Waals surface area contributed by atoms with Gasteiger partial charge in [0.2, 0.25) is 5.91 Å². The molecule has 0 saturated carbocycles. The summed E-state index contributed by atoms with van der Waals surface area (Å²) in [6.07, 6.45) is 1.03. The number of anilines is 1. The molecule has 1 aliphatic heterocycles. The topological polar surface area (TPSA) is 92.3 Å². The Morgan fingerprint density at radius 2 is 1.70 bits per heavy atom. The molecule has 1 aliphatic rings. The number of carbonyl (C=O) groups excluding carboxylic acids is 2. The van der Waals surface area contributed by atoms with Crippen LogP contribution in [0.3, 0.4) is 0 Å². The molecule has 7 heteroatoms. The van der Waals surface area contributed by atoms with Crippen molar-refractivity contribution in [3.63, 3.8) is 0 Å². The lowest BCUT2D eigenvalue weighted by Gasteiger charge is -2.13. The van der Waals surface area contributed by atoms with Crippen molar-refractivity contribution in [2.75, 3.05) is 23.4 Å². The Morgan fingerprint density at radius 3 is 2.41 bits per heavy atom. The van der Waals surface area contributed by atoms with Crippen LogP contribution in [0.15, 0.2) is 54.6 Å². The van der Waals surface area contributed by atoms with Crippen LogP contribution in [0.4, 0.5) is 5.69 Å². The molecule has 1 fully saturated rings. The molecule has 0 aliphatic carbocycles. The zero-order valence-electron chi connectivity index (χ0n) is 14.9. The molecule has 3 rings (SSSR count). The van der Waals surface area contributed by atoms with Crippen LogP contribution in [-0.4, -0.2) is 38.3 Å². The number of para-hydroxylation sites is 1. The van der Waals surface area contributed by atoms with Crippen LogP contribution in [0.25, 0.3) is 0 Å². The molecule has 0 spiro atoms. The molecule has 27 heavy (non-hydrogen) atoms. The van der Waals surface area contributed by atoms with Crippen molar-refractivity contribution in [3.05, 3.63) is 65.7 Å². The highest BCUT2D eigenvalue weighted by molar-refractivity contribution is 7.91. The molecule has 0 unspecified atom stereocenters. The highest BCUT2D eigenvalue weighted by Crippen LogP contribution is 2.22. The van der Waals surface area contributed by atoms with Gasteiger partial charge in [-0.05, 0) is 30.5 Å². The second-order valence-corrected chi connectivity index (χ2v) is 8.86. The minimum Gasteiger partial charge on any atom is -0.352 e. The summed E-state index contributed by atoms with van der Waals surface area (Å²) in [6.45, 7) is 0.478. The van der Waals surface area contributed by atoms with Crippen LogP contribution < -0.4 is 10.6 Å². The average molecular weight is 386 g/mol. The van der Waals surface area contributed by atoms with Crippen molar-refractivity contribution in [2.24, 2.45) is 5.92 Å². The predicted octanol–water partition coefficient (Wildman–Crippen LogP) is 2.03. The van der Waals surface area contributed by atoms with Gasteiger partial charge >= 0.3 is 0 Å². The molecule has 1 atom stereocenters. The lowest BCUT2D eigenvalue weighted by Crippen LogP contribution is -2.29. The Morgan fingerprint density at radius 1 is 1.00 bits per heavy atom. The number of carbonyl (C=O) groups is 2. The number of benzene rings is 2. The molecule has 1 heterocycles. The second-order valence-electron chi connectivity index (χ2n) is 6.63. The maximum absolute atomic E-state index is 12.5. The van der Waals surface area contributed by atoms with Crippen molar-refractivity contribution in [3.8, 4) is 0 Å². The van der Waals surface area contributed by atoms with E-state index in [4.69, 9.17) is 0 Å². The molecule has 2 aromatic carbocycles. The number of hydrogen-bond donors (Lipinski definition) is 2. The van der Waals surface area contributed by atoms with Gasteiger partial charge in [0.05, 0.1) is 28.7 Å². The van der Waals surface area contributed by atoms with Crippen LogP contribution >= 0.6 is 0 Å². The lowest BCUT2D eigenvalue weighted by molar-refractivity contribution is -0.119. The van der Waals surface area contributed by atoms with Gasteiger partial charge in [0, 0.05) is 6.54 Å². The summed E-state index contributed by atoms with van der Waals surface area (Å²) < 4.78 is 23.1. The van der Waals surface area contributed by atoms with E-state index >= 15 is 0 Å². The van der Waals surface area contributed by atoms with E-state index in [0.29, 0.717) is 30.6 Å². The first-order chi connectivity index (χ1) is 12.9. The summed E-state index contributed by atoms with van der Waals surface area (Å²) in [5.74, 6) is -1.30. The molecular weight excluding hydrogens is 364 g/mol. The number of sulfone groups is 1. The summed E-state index contributed by atoms with van der Waals surface area (Å²) in [4.78, 5) is 24.9. The molecule has 6 nitrogen and oxygen atoms in total. The molecular formula is C20H22N2O4S. The highest BCUT2D eigenvalue weighted by Gasteiger charge is 2.33. The molecule has 142 valence electrons. The van der Waals surface area contributed by atoms with E-state index in [9.17, 15) is 18.0 Å². The monoisotopic (exact) mass is 386 g/mol. The standard InChI is InChI=1S/C20H22N2O4S/c23-19(16-11-13-27(25,26)14-16)22-18-9-5-4-8-17(18)20(24)21-12-10-15-6-2-1-3-7-15/h1-9,16H,10-14H2,(H,21,24)(H,22,23)/t16-/m0/s1. The first-order valence-electron chi connectivity index (χ1n) is 8.87. The van der Waals surface area contributed by atoms with E-state index in [1.807, 2.05) is 30.3 Å². The Bertz CT molecular complexity index is 926. The third kappa shape index (κ3) is 5.17. The smallest absolute Gasteiger partial charge is 0.253 e.